The fourth-order valence-electron chi connectivity index (χ4n) is 5.52. The summed E-state index contributed by atoms with van der Waals surface area (Å²) >= 11 is 0. The van der Waals surface area contributed by atoms with Gasteiger partial charge in [0.15, 0.2) is 0 Å². The number of fused-ring (bicyclic) bond motifs is 3. The molecule has 3 heterocycles. The summed E-state index contributed by atoms with van der Waals surface area (Å²) < 4.78 is 17.3. The lowest BCUT2D eigenvalue weighted by Crippen LogP contribution is -2.59. The molecule has 2 aromatic heterocycles. The topological polar surface area (TPSA) is 105 Å². The summed E-state index contributed by atoms with van der Waals surface area (Å²) in [7, 11) is -0.00488. The van der Waals surface area contributed by atoms with Gasteiger partial charge in [0.2, 0.25) is 5.62 Å². The zero-order valence-electron chi connectivity index (χ0n) is 21.7. The molecule has 3 atom stereocenters. The lowest BCUT2D eigenvalue weighted by Gasteiger charge is -2.25. The summed E-state index contributed by atoms with van der Waals surface area (Å²) in [6, 6.07) is 23.0. The van der Waals surface area contributed by atoms with E-state index in [1.54, 1.807) is 25.4 Å². The van der Waals surface area contributed by atoms with Crippen LogP contribution in [0.15, 0.2) is 93.7 Å². The van der Waals surface area contributed by atoms with Gasteiger partial charge >= 0.3 is 0 Å². The number of hydrogen-bond donors (Lipinski definition) is 2. The van der Waals surface area contributed by atoms with E-state index in [1.165, 1.54) is 4.57 Å². The van der Waals surface area contributed by atoms with Crippen molar-refractivity contribution in [1.29, 1.82) is 5.41 Å². The van der Waals surface area contributed by atoms with E-state index >= 15 is 0 Å². The molecular weight excluding hydrogens is 508 g/mol. The zero-order valence-corrected chi connectivity index (χ0v) is 22.5. The molecule has 2 aliphatic rings. The molecule has 0 radical (unpaired) electrons. The minimum Gasteiger partial charge on any atom is -0.373 e. The Labute approximate surface area is 228 Å². The van der Waals surface area contributed by atoms with Gasteiger partial charge in [-0.15, -0.1) is 0 Å². The van der Waals surface area contributed by atoms with Crippen LogP contribution in [0.25, 0.3) is 16.3 Å². The van der Waals surface area contributed by atoms with Crippen molar-refractivity contribution in [2.24, 2.45) is 12.0 Å². The highest BCUT2D eigenvalue weighted by Gasteiger charge is 2.33. The third kappa shape index (κ3) is 4.67. The van der Waals surface area contributed by atoms with Gasteiger partial charge in [0.25, 0.3) is 5.56 Å². The molecule has 2 N–H and O–H groups in total. The van der Waals surface area contributed by atoms with E-state index in [0.29, 0.717) is 17.1 Å². The van der Waals surface area contributed by atoms with Crippen molar-refractivity contribution in [3.05, 3.63) is 111 Å². The summed E-state index contributed by atoms with van der Waals surface area (Å²) in [4.78, 5) is 23.5. The van der Waals surface area contributed by atoms with Gasteiger partial charge in [-0.3, -0.25) is 24.3 Å². The lowest BCUT2D eigenvalue weighted by molar-refractivity contribution is 0.321. The second kappa shape index (κ2) is 10.6. The lowest BCUT2D eigenvalue weighted by atomic mass is 9.91. The number of hydrogen-bond acceptors (Lipinski definition) is 6. The summed E-state index contributed by atoms with van der Waals surface area (Å²) in [6.45, 7) is 0.344. The van der Waals surface area contributed by atoms with Crippen LogP contribution >= 0.6 is 0 Å². The fourth-order valence-corrected chi connectivity index (χ4v) is 6.73. The average Bonchev–Trinajstić information content (AvgIpc) is 3.39. The molecule has 0 saturated heterocycles. The number of nitrogens with zero attached hydrogens (tertiary/aromatic N) is 4. The van der Waals surface area contributed by atoms with E-state index in [4.69, 9.17) is 10.4 Å². The van der Waals surface area contributed by atoms with Crippen molar-refractivity contribution in [3.63, 3.8) is 0 Å². The van der Waals surface area contributed by atoms with Crippen LogP contribution < -0.4 is 27.2 Å². The molecule has 0 bridgehead atoms. The van der Waals surface area contributed by atoms with Crippen LogP contribution in [0.3, 0.4) is 0 Å². The first-order valence-corrected chi connectivity index (χ1v) is 14.4. The normalized spacial score (nSPS) is 19.4. The van der Waals surface area contributed by atoms with E-state index < -0.39 is 10.8 Å². The molecule has 6 rings (SSSR count). The number of pyridine rings is 1. The standard InChI is InChI=1S/C30H30N6O2S/c1-35-29(37)26(27(31)36-25-13-6-5-12-24(25)34-30(35)36)28(39(38)22-9-3-2-4-10-22)33-19-20-14-16-21(17-15-20)23-11-7-8-18-32-23/h2-4,7-11,14-18,24-25,31,33H,5-6,12-13,19H2,1H3/b28-26-,31-27?/t24-,25+,39?/m0/s1. The minimum absolute atomic E-state index is 0.0531. The second-order valence-corrected chi connectivity index (χ2v) is 11.4. The molecule has 9 heteroatoms. The fraction of sp³-hybridized carbons (Fsp3) is 0.267. The Kier molecular flexibility index (Phi) is 6.83. The molecule has 2 aromatic carbocycles. The maximum atomic E-state index is 13.9. The van der Waals surface area contributed by atoms with Crippen molar-refractivity contribution < 1.29 is 4.21 Å². The maximum absolute atomic E-state index is 13.9. The molecule has 1 unspecified atom stereocenters. The van der Waals surface area contributed by atoms with Gasteiger partial charge in [0.05, 0.1) is 17.8 Å². The number of rotatable bonds is 6. The Morgan fingerprint density at radius 1 is 1.03 bits per heavy atom. The smallest absolute Gasteiger partial charge is 0.266 e. The SMILES string of the molecule is Cn1c(=O)/c(=C(/NCc2ccc(-c3ccccn3)cc2)S(=O)c2ccccc2)c(=N)n2c1=N[C@H]1CCCC[C@H]12. The molecule has 1 aliphatic heterocycles. The minimum atomic E-state index is -1.70. The largest absolute Gasteiger partial charge is 0.373 e. The van der Waals surface area contributed by atoms with Crippen LogP contribution in [-0.2, 0) is 24.4 Å². The van der Waals surface area contributed by atoms with E-state index in [2.05, 4.69) is 10.3 Å². The monoisotopic (exact) mass is 538 g/mol. The highest BCUT2D eigenvalue weighted by Crippen LogP contribution is 2.31. The van der Waals surface area contributed by atoms with Crippen LogP contribution in [0.5, 0.6) is 0 Å². The second-order valence-electron chi connectivity index (χ2n) is 9.98. The van der Waals surface area contributed by atoms with Crippen LogP contribution in [0, 0.1) is 5.41 Å². The quantitative estimate of drug-likeness (QED) is 0.394. The Bertz CT molecular complexity index is 1780. The van der Waals surface area contributed by atoms with Crippen LogP contribution in [0.2, 0.25) is 0 Å². The molecule has 8 nitrogen and oxygen atoms in total. The molecule has 39 heavy (non-hydrogen) atoms. The zero-order chi connectivity index (χ0) is 26.9. The first kappa shape index (κ1) is 25.2. The number of aromatic nitrogens is 3. The Balaban J connectivity index is 1.45. The van der Waals surface area contributed by atoms with E-state index in [0.717, 1.165) is 42.5 Å². The van der Waals surface area contributed by atoms with Gasteiger partial charge in [-0.2, -0.15) is 0 Å². The molecule has 1 fully saturated rings. The Hall–Kier alpha value is -4.11. The predicted molar refractivity (Wildman–Crippen MR) is 150 cm³/mol. The summed E-state index contributed by atoms with van der Waals surface area (Å²) in [5.74, 6) is 0. The number of benzene rings is 2. The van der Waals surface area contributed by atoms with Crippen molar-refractivity contribution >= 4 is 15.8 Å². The summed E-state index contributed by atoms with van der Waals surface area (Å²) in [5, 5.41) is 12.9. The van der Waals surface area contributed by atoms with Crippen molar-refractivity contribution in [2.75, 3.05) is 0 Å². The van der Waals surface area contributed by atoms with E-state index in [-0.39, 0.29) is 33.4 Å². The van der Waals surface area contributed by atoms with Crippen LogP contribution in [-0.4, -0.2) is 24.4 Å². The first-order chi connectivity index (χ1) is 19.0. The molecule has 4 aromatic rings. The predicted octanol–water partition coefficient (Wildman–Crippen LogP) is 2.51. The first-order valence-electron chi connectivity index (χ1n) is 13.2. The van der Waals surface area contributed by atoms with Gasteiger partial charge in [-0.05, 0) is 42.7 Å². The van der Waals surface area contributed by atoms with E-state index in [9.17, 15) is 9.00 Å². The third-order valence-corrected chi connectivity index (χ3v) is 8.98. The Morgan fingerprint density at radius 2 is 1.77 bits per heavy atom. The molecule has 1 saturated carbocycles. The van der Waals surface area contributed by atoms with Gasteiger partial charge in [-0.25, -0.2) is 9.20 Å². The van der Waals surface area contributed by atoms with Gasteiger partial charge < -0.3 is 5.32 Å². The molecule has 1 aliphatic carbocycles. The highest BCUT2D eigenvalue weighted by molar-refractivity contribution is 7.94. The van der Waals surface area contributed by atoms with Crippen LogP contribution in [0.4, 0.5) is 0 Å². The Morgan fingerprint density at radius 3 is 2.51 bits per heavy atom. The average molecular weight is 539 g/mol. The molecule has 0 spiro atoms. The summed E-state index contributed by atoms with van der Waals surface area (Å²) in [6.07, 6.45) is 5.81. The van der Waals surface area contributed by atoms with Gasteiger partial charge in [0, 0.05) is 30.2 Å². The van der Waals surface area contributed by atoms with Gasteiger partial charge in [0.1, 0.15) is 26.5 Å². The summed E-state index contributed by atoms with van der Waals surface area (Å²) in [5.41, 5.74) is 3.07. The highest BCUT2D eigenvalue weighted by atomic mass is 32.2. The van der Waals surface area contributed by atoms with Gasteiger partial charge in [-0.1, -0.05) is 61.4 Å². The van der Waals surface area contributed by atoms with Crippen molar-refractivity contribution in [1.82, 2.24) is 19.4 Å². The number of nitrogens with one attached hydrogen (secondary N) is 2. The van der Waals surface area contributed by atoms with Crippen molar-refractivity contribution in [3.8, 4) is 11.3 Å². The van der Waals surface area contributed by atoms with Crippen molar-refractivity contribution in [2.45, 2.75) is 49.2 Å². The molecule has 0 amide bonds. The third-order valence-electron chi connectivity index (χ3n) is 7.56. The van der Waals surface area contributed by atoms with E-state index in [1.807, 2.05) is 65.2 Å². The molecular formula is C30H30N6O2S. The van der Waals surface area contributed by atoms with Crippen LogP contribution in [0.1, 0.15) is 37.3 Å². The molecule has 198 valence electrons. The maximum Gasteiger partial charge on any atom is 0.266 e.